The zero-order valence-corrected chi connectivity index (χ0v) is 24.2. The van der Waals surface area contributed by atoms with E-state index in [2.05, 4.69) is 16.2 Å². The minimum absolute atomic E-state index is 0.0667. The number of carbonyl (C=O) groups is 4. The molecule has 11 nitrogen and oxygen atoms in total. The molecule has 0 unspecified atom stereocenters. The molecule has 0 fully saturated rings. The average Bonchev–Trinajstić information content (AvgIpc) is 3.32. The molecule has 0 saturated heterocycles. The van der Waals surface area contributed by atoms with E-state index in [1.807, 2.05) is 18.2 Å². The van der Waals surface area contributed by atoms with Crippen molar-refractivity contribution in [3.8, 4) is 0 Å². The number of nitrogens with one attached hydrogen (secondary N) is 3. The minimum atomic E-state index is -3.84. The second kappa shape index (κ2) is 11.3. The Bertz CT molecular complexity index is 1650. The van der Waals surface area contributed by atoms with Gasteiger partial charge in [0.05, 0.1) is 22.7 Å². The number of benzene rings is 2. The van der Waals surface area contributed by atoms with Gasteiger partial charge in [0.2, 0.25) is 11.8 Å². The van der Waals surface area contributed by atoms with Crippen LogP contribution in [0, 0.1) is 0 Å². The van der Waals surface area contributed by atoms with E-state index in [0.29, 0.717) is 43.7 Å². The molecule has 3 N–H and O–H groups in total. The smallest absolute Gasteiger partial charge is 0.272 e. The number of hydrogen-bond donors (Lipinski definition) is 3. The van der Waals surface area contributed by atoms with Gasteiger partial charge in [-0.25, -0.2) is 8.42 Å². The molecule has 0 atom stereocenters. The van der Waals surface area contributed by atoms with Gasteiger partial charge in [-0.15, -0.1) is 11.3 Å². The Morgan fingerprint density at radius 1 is 0.878 bits per heavy atom. The van der Waals surface area contributed by atoms with Crippen LogP contribution < -0.4 is 20.5 Å². The van der Waals surface area contributed by atoms with Crippen molar-refractivity contribution in [1.29, 1.82) is 0 Å². The summed E-state index contributed by atoms with van der Waals surface area (Å²) < 4.78 is 28.3. The van der Waals surface area contributed by atoms with Crippen molar-refractivity contribution in [2.75, 3.05) is 22.7 Å². The number of hydrogen-bond acceptors (Lipinski definition) is 7. The Labute approximate surface area is 241 Å². The van der Waals surface area contributed by atoms with Gasteiger partial charge in [-0.1, -0.05) is 18.2 Å². The van der Waals surface area contributed by atoms with Crippen LogP contribution >= 0.6 is 11.3 Å². The minimum Gasteiger partial charge on any atom is -0.337 e. The van der Waals surface area contributed by atoms with Gasteiger partial charge in [0, 0.05) is 37.4 Å². The van der Waals surface area contributed by atoms with Crippen molar-refractivity contribution in [2.24, 2.45) is 0 Å². The molecule has 0 radical (unpaired) electrons. The summed E-state index contributed by atoms with van der Waals surface area (Å²) in [6.07, 6.45) is 1.94. The van der Waals surface area contributed by atoms with Crippen molar-refractivity contribution in [1.82, 2.24) is 15.8 Å². The van der Waals surface area contributed by atoms with Crippen LogP contribution in [-0.4, -0.2) is 50.0 Å². The van der Waals surface area contributed by atoms with Crippen molar-refractivity contribution >= 4 is 55.7 Å². The Morgan fingerprint density at radius 2 is 1.61 bits per heavy atom. The summed E-state index contributed by atoms with van der Waals surface area (Å²) in [6, 6.07) is 13.1. The third-order valence-electron chi connectivity index (χ3n) is 7.08. The normalized spacial score (nSPS) is 14.5. The summed E-state index contributed by atoms with van der Waals surface area (Å²) in [6.45, 7) is 3.82. The zero-order chi connectivity index (χ0) is 29.3. The molecule has 3 aromatic rings. The van der Waals surface area contributed by atoms with Crippen LogP contribution in [0.1, 0.15) is 57.0 Å². The lowest BCUT2D eigenvalue weighted by Gasteiger charge is -2.30. The van der Waals surface area contributed by atoms with E-state index in [4.69, 9.17) is 0 Å². The molecule has 41 heavy (non-hydrogen) atoms. The lowest BCUT2D eigenvalue weighted by molar-refractivity contribution is -0.129. The highest BCUT2D eigenvalue weighted by Crippen LogP contribution is 2.38. The van der Waals surface area contributed by atoms with Crippen LogP contribution in [-0.2, 0) is 39.0 Å². The number of para-hydroxylation sites is 1. The topological polar surface area (TPSA) is 145 Å². The van der Waals surface area contributed by atoms with Crippen molar-refractivity contribution in [3.05, 3.63) is 75.7 Å². The molecule has 0 saturated carbocycles. The lowest BCUT2D eigenvalue weighted by atomic mass is 10.0. The number of fused-ring (bicyclic) bond motifs is 2. The largest absolute Gasteiger partial charge is 0.337 e. The van der Waals surface area contributed by atoms with Gasteiger partial charge < -0.3 is 10.2 Å². The molecule has 0 aliphatic carbocycles. The first-order valence-electron chi connectivity index (χ1n) is 13.1. The molecule has 214 valence electrons. The number of amides is 4. The quantitative estimate of drug-likeness (QED) is 0.387. The molecule has 2 aromatic carbocycles. The fourth-order valence-electron chi connectivity index (χ4n) is 5.04. The SMILES string of the molecule is CC(=O)NNC(=O)c1c(NC(=O)c2ccc(S(=O)(=O)N3CCCc4ccccc43)cc2)sc2c1CCN(C(C)=O)C2. The first kappa shape index (κ1) is 28.3. The molecule has 0 bridgehead atoms. The molecule has 13 heteroatoms. The van der Waals surface area contributed by atoms with Gasteiger partial charge in [0.15, 0.2) is 0 Å². The molecule has 4 amide bonds. The summed E-state index contributed by atoms with van der Waals surface area (Å²) in [5.74, 6) is -1.68. The predicted molar refractivity (Wildman–Crippen MR) is 154 cm³/mol. The highest BCUT2D eigenvalue weighted by molar-refractivity contribution is 7.92. The van der Waals surface area contributed by atoms with Crippen LogP contribution in [0.3, 0.4) is 0 Å². The zero-order valence-electron chi connectivity index (χ0n) is 22.5. The van der Waals surface area contributed by atoms with E-state index in [1.165, 1.54) is 53.8 Å². The van der Waals surface area contributed by atoms with Crippen molar-refractivity contribution in [2.45, 2.75) is 44.6 Å². The van der Waals surface area contributed by atoms with Crippen LogP contribution in [0.5, 0.6) is 0 Å². The second-order valence-electron chi connectivity index (χ2n) is 9.82. The standard InChI is InChI=1S/C28H29N5O6S2/c1-17(34)30-31-27(37)25-22-13-15-32(18(2)35)16-24(22)40-28(25)29-26(36)20-9-11-21(12-10-20)41(38,39)33-14-5-7-19-6-3-4-8-23(19)33/h3-4,6,8-12H,5,7,13-16H2,1-2H3,(H,29,36)(H,30,34)(H,31,37). The fourth-order valence-corrected chi connectivity index (χ4v) is 7.83. The lowest BCUT2D eigenvalue weighted by Crippen LogP contribution is -2.41. The molecule has 5 rings (SSSR count). The number of sulfonamides is 1. The number of aryl methyl sites for hydroxylation is 1. The maximum Gasteiger partial charge on any atom is 0.272 e. The second-order valence-corrected chi connectivity index (χ2v) is 12.8. The maximum atomic E-state index is 13.5. The van der Waals surface area contributed by atoms with Gasteiger partial charge in [-0.2, -0.15) is 0 Å². The first-order valence-corrected chi connectivity index (χ1v) is 15.3. The Hall–Kier alpha value is -4.23. The number of rotatable bonds is 5. The number of carbonyl (C=O) groups excluding carboxylic acids is 4. The van der Waals surface area contributed by atoms with E-state index in [9.17, 15) is 27.6 Å². The van der Waals surface area contributed by atoms with Crippen LogP contribution in [0.4, 0.5) is 10.7 Å². The van der Waals surface area contributed by atoms with Crippen molar-refractivity contribution < 1.29 is 27.6 Å². The molecule has 3 heterocycles. The molecule has 2 aliphatic heterocycles. The van der Waals surface area contributed by atoms with Gasteiger partial charge >= 0.3 is 0 Å². The molecule has 0 spiro atoms. The monoisotopic (exact) mass is 595 g/mol. The van der Waals surface area contributed by atoms with E-state index in [1.54, 1.807) is 11.0 Å². The maximum absolute atomic E-state index is 13.5. The molecular formula is C28H29N5O6S2. The highest BCUT2D eigenvalue weighted by Gasteiger charge is 2.31. The molecular weight excluding hydrogens is 566 g/mol. The first-order chi connectivity index (χ1) is 19.6. The summed E-state index contributed by atoms with van der Waals surface area (Å²) in [5, 5.41) is 3.05. The number of thiophene rings is 1. The van der Waals surface area contributed by atoms with Gasteiger partial charge in [0.1, 0.15) is 5.00 Å². The van der Waals surface area contributed by atoms with E-state index in [-0.39, 0.29) is 26.9 Å². The molecule has 1 aromatic heterocycles. The number of hydrazine groups is 1. The van der Waals surface area contributed by atoms with Crippen LogP contribution in [0.15, 0.2) is 53.4 Å². The predicted octanol–water partition coefficient (Wildman–Crippen LogP) is 2.83. The number of nitrogens with zero attached hydrogens (tertiary/aromatic N) is 2. The van der Waals surface area contributed by atoms with Gasteiger partial charge in [0.25, 0.3) is 21.8 Å². The van der Waals surface area contributed by atoms with E-state index >= 15 is 0 Å². The van der Waals surface area contributed by atoms with Gasteiger partial charge in [-0.3, -0.25) is 34.3 Å². The number of anilines is 2. The van der Waals surface area contributed by atoms with Gasteiger partial charge in [-0.05, 0) is 60.7 Å². The van der Waals surface area contributed by atoms with Crippen LogP contribution in [0.2, 0.25) is 0 Å². The third kappa shape index (κ3) is 5.68. The summed E-state index contributed by atoms with van der Waals surface area (Å²) >= 11 is 1.19. The Kier molecular flexibility index (Phi) is 7.82. The summed E-state index contributed by atoms with van der Waals surface area (Å²) in [7, 11) is -3.84. The molecule has 2 aliphatic rings. The van der Waals surface area contributed by atoms with Crippen molar-refractivity contribution in [3.63, 3.8) is 0 Å². The van der Waals surface area contributed by atoms with E-state index in [0.717, 1.165) is 16.9 Å². The average molecular weight is 596 g/mol. The fraction of sp³-hybridized carbons (Fsp3) is 0.286. The van der Waals surface area contributed by atoms with Crippen LogP contribution in [0.25, 0.3) is 0 Å². The van der Waals surface area contributed by atoms with E-state index < -0.39 is 27.7 Å². The summed E-state index contributed by atoms with van der Waals surface area (Å²) in [4.78, 5) is 52.0. The highest BCUT2D eigenvalue weighted by atomic mass is 32.2. The summed E-state index contributed by atoms with van der Waals surface area (Å²) in [5.41, 5.74) is 7.37. The Morgan fingerprint density at radius 3 is 2.32 bits per heavy atom. The Balaban J connectivity index is 1.39. The third-order valence-corrected chi connectivity index (χ3v) is 10.0.